The van der Waals surface area contributed by atoms with Crippen molar-refractivity contribution in [1.29, 1.82) is 0 Å². The average Bonchev–Trinajstić information content (AvgIpc) is 3.16. The Morgan fingerprint density at radius 3 is 2.68 bits per heavy atom. The van der Waals surface area contributed by atoms with Gasteiger partial charge in [0.05, 0.1) is 31.2 Å². The molecule has 2 aliphatic heterocycles. The van der Waals surface area contributed by atoms with Crippen LogP contribution >= 0.6 is 11.6 Å². The number of sulfonamides is 1. The van der Waals surface area contributed by atoms with E-state index in [9.17, 15) is 22.8 Å². The predicted molar refractivity (Wildman–Crippen MR) is 113 cm³/mol. The molecule has 1 atom stereocenters. The number of anilines is 1. The molecule has 0 spiro atoms. The molecular weight excluding hydrogens is 452 g/mol. The van der Waals surface area contributed by atoms with Gasteiger partial charge in [0, 0.05) is 32.1 Å². The third-order valence-electron chi connectivity index (χ3n) is 5.19. The Kier molecular flexibility index (Phi) is 7.38. The van der Waals surface area contributed by atoms with Gasteiger partial charge in [0.2, 0.25) is 15.9 Å². The van der Waals surface area contributed by atoms with Crippen molar-refractivity contribution in [2.75, 3.05) is 43.9 Å². The van der Waals surface area contributed by atoms with E-state index < -0.39 is 21.7 Å². The first-order chi connectivity index (χ1) is 14.6. The highest BCUT2D eigenvalue weighted by atomic mass is 35.5. The van der Waals surface area contributed by atoms with Crippen molar-refractivity contribution in [2.24, 2.45) is 0 Å². The first kappa shape index (κ1) is 23.3. The van der Waals surface area contributed by atoms with Gasteiger partial charge in [-0.05, 0) is 12.8 Å². The summed E-state index contributed by atoms with van der Waals surface area (Å²) in [6, 6.07) is -0.136. The Hall–Kier alpha value is -2.38. The molecule has 0 unspecified atom stereocenters. The number of aromatic amines is 1. The highest BCUT2D eigenvalue weighted by Crippen LogP contribution is 2.25. The molecule has 0 aliphatic carbocycles. The lowest BCUT2D eigenvalue weighted by Gasteiger charge is -2.32. The van der Waals surface area contributed by atoms with Crippen LogP contribution in [0.25, 0.3) is 0 Å². The Labute approximate surface area is 184 Å². The summed E-state index contributed by atoms with van der Waals surface area (Å²) in [5, 5.41) is 8.87. The van der Waals surface area contributed by atoms with E-state index >= 15 is 0 Å². The lowest BCUT2D eigenvalue weighted by Crippen LogP contribution is -2.49. The second kappa shape index (κ2) is 9.83. The molecule has 2 aliphatic rings. The molecule has 31 heavy (non-hydrogen) atoms. The summed E-state index contributed by atoms with van der Waals surface area (Å²) < 4.78 is 29.9. The molecule has 3 N–H and O–H groups in total. The number of alkyl carbamates (subject to hydrolysis) is 1. The third-order valence-corrected chi connectivity index (χ3v) is 6.23. The number of amides is 2. The van der Waals surface area contributed by atoms with Crippen molar-refractivity contribution >= 4 is 39.3 Å². The summed E-state index contributed by atoms with van der Waals surface area (Å²) in [6.07, 6.45) is 3.26. The molecule has 1 aromatic rings. The maximum absolute atomic E-state index is 12.3. The molecule has 0 aromatic carbocycles. The van der Waals surface area contributed by atoms with E-state index in [0.717, 1.165) is 6.26 Å². The Morgan fingerprint density at radius 1 is 1.29 bits per heavy atom. The number of nitrogens with zero attached hydrogens (tertiary/aromatic N) is 3. The van der Waals surface area contributed by atoms with Gasteiger partial charge < -0.3 is 19.9 Å². The molecule has 3 rings (SSSR count). The highest BCUT2D eigenvalue weighted by Gasteiger charge is 2.29. The first-order valence-electron chi connectivity index (χ1n) is 9.80. The number of H-pyrrole nitrogens is 1. The van der Waals surface area contributed by atoms with Crippen molar-refractivity contribution in [3.05, 3.63) is 21.6 Å². The van der Waals surface area contributed by atoms with Crippen LogP contribution in [0.5, 0.6) is 0 Å². The molecule has 0 radical (unpaired) electrons. The van der Waals surface area contributed by atoms with Gasteiger partial charge in [-0.15, -0.1) is 0 Å². The van der Waals surface area contributed by atoms with Crippen molar-refractivity contribution in [1.82, 2.24) is 25.1 Å². The van der Waals surface area contributed by atoms with Crippen molar-refractivity contribution in [2.45, 2.75) is 31.4 Å². The molecule has 12 nitrogen and oxygen atoms in total. The van der Waals surface area contributed by atoms with Gasteiger partial charge in [0.15, 0.2) is 0 Å². The monoisotopic (exact) mass is 476 g/mol. The van der Waals surface area contributed by atoms with E-state index in [-0.39, 0.29) is 29.6 Å². The smallest absolute Gasteiger partial charge is 0.407 e. The van der Waals surface area contributed by atoms with E-state index in [0.29, 0.717) is 51.1 Å². The molecule has 1 aromatic heterocycles. The van der Waals surface area contributed by atoms with Gasteiger partial charge in [0.25, 0.3) is 5.56 Å². The van der Waals surface area contributed by atoms with Gasteiger partial charge in [-0.3, -0.25) is 9.59 Å². The van der Waals surface area contributed by atoms with E-state index in [1.807, 2.05) is 4.90 Å². The first-order valence-corrected chi connectivity index (χ1v) is 12.1. The number of hydrogen-bond acceptors (Lipinski definition) is 8. The number of hydrogen-bond donors (Lipinski definition) is 3. The van der Waals surface area contributed by atoms with Crippen molar-refractivity contribution in [3.63, 3.8) is 0 Å². The van der Waals surface area contributed by atoms with Gasteiger partial charge in [0.1, 0.15) is 11.1 Å². The molecule has 0 bridgehead atoms. The maximum Gasteiger partial charge on any atom is 0.407 e. The van der Waals surface area contributed by atoms with Crippen LogP contribution in [0.2, 0.25) is 5.02 Å². The summed E-state index contributed by atoms with van der Waals surface area (Å²) in [5.74, 6) is -0.301. The largest absolute Gasteiger partial charge is 0.444 e. The van der Waals surface area contributed by atoms with Crippen molar-refractivity contribution < 1.29 is 22.7 Å². The number of nitrogens with one attached hydrogen (secondary N) is 3. The number of ether oxygens (including phenoxy) is 1. The maximum atomic E-state index is 12.3. The fourth-order valence-corrected chi connectivity index (χ4v) is 4.16. The van der Waals surface area contributed by atoms with Crippen LogP contribution < -0.4 is 20.5 Å². The number of aromatic nitrogens is 2. The Morgan fingerprint density at radius 2 is 2.00 bits per heavy atom. The molecular formula is C17H25ClN6O6S. The van der Waals surface area contributed by atoms with Gasteiger partial charge in [-0.1, -0.05) is 11.6 Å². The van der Waals surface area contributed by atoms with Gasteiger partial charge in [-0.2, -0.15) is 5.10 Å². The zero-order valence-electron chi connectivity index (χ0n) is 17.0. The fraction of sp³-hybridized carbons (Fsp3) is 0.647. The molecule has 3 heterocycles. The lowest BCUT2D eigenvalue weighted by atomic mass is 10.1. The number of likely N-dealkylation sites (tertiary alicyclic amines) is 1. The molecule has 2 saturated heterocycles. The molecule has 14 heteroatoms. The van der Waals surface area contributed by atoms with Crippen LogP contribution in [0.3, 0.4) is 0 Å². The minimum Gasteiger partial charge on any atom is -0.444 e. The van der Waals surface area contributed by atoms with E-state index in [1.54, 1.807) is 4.90 Å². The highest BCUT2D eigenvalue weighted by molar-refractivity contribution is 7.88. The van der Waals surface area contributed by atoms with Crippen LogP contribution in [0, 0.1) is 0 Å². The standard InChI is InChI=1S/C17H25ClN6O6S/c1-31(28,29)20-9-14(25)23-5-2-11(3-6-23)21-17(27)30-12-4-7-24(10-12)13-8-19-22-16(26)15(13)18/h8,11-12,20H,2-7,9-10H2,1H3,(H,21,27)(H,22,26)/t12-/m1/s1. The van der Waals surface area contributed by atoms with Crippen LogP contribution in [-0.2, 0) is 19.6 Å². The second-order valence-corrected chi connectivity index (χ2v) is 9.76. The average molecular weight is 477 g/mol. The number of piperidine rings is 1. The topological polar surface area (TPSA) is 154 Å². The van der Waals surface area contributed by atoms with E-state index in [1.165, 1.54) is 6.20 Å². The minimum atomic E-state index is -3.42. The van der Waals surface area contributed by atoms with Crippen LogP contribution in [0.4, 0.5) is 10.5 Å². The summed E-state index contributed by atoms with van der Waals surface area (Å²) in [6.45, 7) is 1.54. The normalized spacial score (nSPS) is 20.0. The lowest BCUT2D eigenvalue weighted by molar-refractivity contribution is -0.131. The number of carbonyl (C=O) groups is 2. The van der Waals surface area contributed by atoms with Gasteiger partial charge in [-0.25, -0.2) is 23.0 Å². The van der Waals surface area contributed by atoms with E-state index in [2.05, 4.69) is 20.2 Å². The summed E-state index contributed by atoms with van der Waals surface area (Å²) in [4.78, 5) is 39.3. The number of halogens is 1. The number of rotatable bonds is 6. The zero-order chi connectivity index (χ0) is 22.6. The van der Waals surface area contributed by atoms with Crippen LogP contribution in [0.1, 0.15) is 19.3 Å². The van der Waals surface area contributed by atoms with Crippen LogP contribution in [-0.4, -0.2) is 86.6 Å². The second-order valence-electron chi connectivity index (χ2n) is 7.55. The van der Waals surface area contributed by atoms with Gasteiger partial charge >= 0.3 is 6.09 Å². The predicted octanol–water partition coefficient (Wildman–Crippen LogP) is -0.732. The van der Waals surface area contributed by atoms with Crippen LogP contribution in [0.15, 0.2) is 11.0 Å². The quantitative estimate of drug-likeness (QED) is 0.485. The Balaban J connectivity index is 1.40. The Bertz CT molecular complexity index is 978. The zero-order valence-corrected chi connectivity index (χ0v) is 18.5. The minimum absolute atomic E-state index is 0.0492. The van der Waals surface area contributed by atoms with E-state index in [4.69, 9.17) is 16.3 Å². The molecule has 0 saturated carbocycles. The molecule has 2 amide bonds. The summed E-state index contributed by atoms with van der Waals surface area (Å²) in [7, 11) is -3.42. The SMILES string of the molecule is CS(=O)(=O)NCC(=O)N1CCC(NC(=O)O[C@@H]2CCN(c3cn[nH]c(=O)c3Cl)C2)CC1. The molecule has 2 fully saturated rings. The number of carbonyl (C=O) groups excluding carboxylic acids is 2. The fourth-order valence-electron chi connectivity index (χ4n) is 3.57. The third kappa shape index (κ3) is 6.55. The van der Waals surface area contributed by atoms with Crippen molar-refractivity contribution in [3.8, 4) is 0 Å². The molecule has 172 valence electrons. The summed E-state index contributed by atoms with van der Waals surface area (Å²) in [5.41, 5.74) is 0.0255. The summed E-state index contributed by atoms with van der Waals surface area (Å²) >= 11 is 6.02.